The van der Waals surface area contributed by atoms with E-state index in [9.17, 15) is 23.6 Å². The van der Waals surface area contributed by atoms with Gasteiger partial charge in [0.25, 0.3) is 11.8 Å². The Morgan fingerprint density at radius 1 is 1.28 bits per heavy atom. The van der Waals surface area contributed by atoms with Crippen molar-refractivity contribution in [2.75, 3.05) is 13.2 Å². The van der Waals surface area contributed by atoms with Crippen LogP contribution in [0.3, 0.4) is 0 Å². The normalized spacial score (nSPS) is 23.7. The highest BCUT2D eigenvalue weighted by molar-refractivity contribution is 6.08. The molecule has 0 unspecified atom stereocenters. The van der Waals surface area contributed by atoms with Crippen LogP contribution < -0.4 is 15.5 Å². The van der Waals surface area contributed by atoms with E-state index in [1.807, 2.05) is 0 Å². The van der Waals surface area contributed by atoms with Crippen molar-refractivity contribution in [3.8, 4) is 5.75 Å². The van der Waals surface area contributed by atoms with Crippen LogP contribution in [0.25, 0.3) is 0 Å². The molecule has 9 nitrogen and oxygen atoms in total. The van der Waals surface area contributed by atoms with Crippen LogP contribution in [0.5, 0.6) is 5.75 Å². The van der Waals surface area contributed by atoms with Gasteiger partial charge in [0.1, 0.15) is 17.1 Å². The minimum absolute atomic E-state index is 0.137. The van der Waals surface area contributed by atoms with E-state index in [1.165, 1.54) is 18.2 Å². The van der Waals surface area contributed by atoms with Crippen LogP contribution in [0.15, 0.2) is 24.3 Å². The summed E-state index contributed by atoms with van der Waals surface area (Å²) >= 11 is 0. The summed E-state index contributed by atoms with van der Waals surface area (Å²) in [6.45, 7) is 0.855. The first-order valence-corrected chi connectivity index (χ1v) is 9.29. The van der Waals surface area contributed by atoms with Gasteiger partial charge in [0.05, 0.1) is 0 Å². The molecule has 0 radical (unpaired) electrons. The Morgan fingerprint density at radius 3 is 2.69 bits per heavy atom. The number of nitrogens with one attached hydrogen (secondary N) is 2. The van der Waals surface area contributed by atoms with Gasteiger partial charge in [0.15, 0.2) is 13.2 Å². The summed E-state index contributed by atoms with van der Waals surface area (Å²) in [6, 6.07) is 4.49. The Balaban J connectivity index is 1.45. The molecule has 156 valence electrons. The lowest BCUT2D eigenvalue weighted by Crippen LogP contribution is -2.52. The van der Waals surface area contributed by atoms with Gasteiger partial charge in [-0.05, 0) is 43.7 Å². The second-order valence-electron chi connectivity index (χ2n) is 7.28. The molecule has 3 rings (SSSR count). The van der Waals surface area contributed by atoms with Crippen molar-refractivity contribution in [1.29, 1.82) is 0 Å². The third-order valence-corrected chi connectivity index (χ3v) is 5.04. The fraction of sp³-hybridized carbons (Fsp3) is 0.474. The summed E-state index contributed by atoms with van der Waals surface area (Å²) in [5.41, 5.74) is 1.18. The molecule has 2 aliphatic rings. The van der Waals surface area contributed by atoms with Crippen molar-refractivity contribution >= 4 is 23.8 Å². The molecule has 1 spiro atoms. The van der Waals surface area contributed by atoms with Crippen LogP contribution in [-0.2, 0) is 19.1 Å². The van der Waals surface area contributed by atoms with E-state index < -0.39 is 48.4 Å². The number of hydrazine groups is 1. The number of imide groups is 1. The lowest BCUT2D eigenvalue weighted by atomic mass is 9.77. The molecule has 0 atom stereocenters. The van der Waals surface area contributed by atoms with E-state index in [-0.39, 0.29) is 5.75 Å². The van der Waals surface area contributed by atoms with Crippen molar-refractivity contribution in [3.63, 3.8) is 0 Å². The lowest BCUT2D eigenvalue weighted by molar-refractivity contribution is -0.152. The van der Waals surface area contributed by atoms with Crippen molar-refractivity contribution in [3.05, 3.63) is 30.1 Å². The van der Waals surface area contributed by atoms with Gasteiger partial charge in [0.2, 0.25) is 0 Å². The van der Waals surface area contributed by atoms with Gasteiger partial charge in [-0.25, -0.2) is 14.0 Å². The minimum Gasteiger partial charge on any atom is -0.482 e. The number of halogens is 1. The number of rotatable bonds is 6. The van der Waals surface area contributed by atoms with Crippen LogP contribution in [0.4, 0.5) is 9.18 Å². The number of urea groups is 1. The van der Waals surface area contributed by atoms with Gasteiger partial charge < -0.3 is 14.8 Å². The third-order valence-electron chi connectivity index (χ3n) is 5.04. The largest absolute Gasteiger partial charge is 0.482 e. The lowest BCUT2D eigenvalue weighted by Gasteiger charge is -2.33. The maximum Gasteiger partial charge on any atom is 0.344 e. The number of nitrogens with zero attached hydrogens (tertiary/aromatic N) is 1. The highest BCUT2D eigenvalue weighted by Gasteiger charge is 2.52. The molecule has 2 fully saturated rings. The van der Waals surface area contributed by atoms with Crippen molar-refractivity contribution in [1.82, 2.24) is 15.8 Å². The first-order chi connectivity index (χ1) is 13.8. The van der Waals surface area contributed by atoms with E-state index in [0.29, 0.717) is 23.8 Å². The summed E-state index contributed by atoms with van der Waals surface area (Å²) in [5.74, 6) is -2.12. The van der Waals surface area contributed by atoms with E-state index in [2.05, 4.69) is 17.7 Å². The fourth-order valence-electron chi connectivity index (χ4n) is 3.36. The number of carbonyl (C=O) groups is 4. The van der Waals surface area contributed by atoms with E-state index in [0.717, 1.165) is 18.9 Å². The standard InChI is InChI=1S/C19H22FN3O6/c1-12-5-7-19(8-6-12)17(26)23(18(27)21-19)22-15(24)10-29-16(25)11-28-14-4-2-3-13(20)9-14/h2-4,9,12H,5-8,10-11H2,1H3,(H,21,27)(H,22,24). The Kier molecular flexibility index (Phi) is 6.00. The number of amides is 4. The van der Waals surface area contributed by atoms with E-state index in [4.69, 9.17) is 9.47 Å². The van der Waals surface area contributed by atoms with Gasteiger partial charge >= 0.3 is 12.0 Å². The van der Waals surface area contributed by atoms with Crippen LogP contribution in [-0.4, -0.2) is 47.6 Å². The van der Waals surface area contributed by atoms with Gasteiger partial charge in [0, 0.05) is 6.07 Å². The number of hydrogen-bond acceptors (Lipinski definition) is 6. The Hall–Kier alpha value is -3.17. The van der Waals surface area contributed by atoms with Gasteiger partial charge in [-0.2, -0.15) is 5.01 Å². The molecule has 1 aromatic rings. The quantitative estimate of drug-likeness (QED) is 0.542. The van der Waals surface area contributed by atoms with Crippen LogP contribution >= 0.6 is 0 Å². The number of benzene rings is 1. The molecule has 1 heterocycles. The summed E-state index contributed by atoms with van der Waals surface area (Å²) in [4.78, 5) is 48.4. The second-order valence-corrected chi connectivity index (χ2v) is 7.28. The molecule has 0 aromatic heterocycles. The Morgan fingerprint density at radius 2 is 2.00 bits per heavy atom. The van der Waals surface area contributed by atoms with Crippen molar-refractivity contribution < 1.29 is 33.0 Å². The molecule has 1 aliphatic carbocycles. The Bertz CT molecular complexity index is 822. The van der Waals surface area contributed by atoms with Crippen LogP contribution in [0.2, 0.25) is 0 Å². The topological polar surface area (TPSA) is 114 Å². The first-order valence-electron chi connectivity index (χ1n) is 9.29. The SMILES string of the molecule is CC1CCC2(CC1)NC(=O)N(NC(=O)COC(=O)COc1cccc(F)c1)C2=O. The molecule has 1 saturated carbocycles. The van der Waals surface area contributed by atoms with Gasteiger partial charge in [-0.3, -0.25) is 15.0 Å². The van der Waals surface area contributed by atoms with Crippen molar-refractivity contribution in [2.45, 2.75) is 38.1 Å². The maximum absolute atomic E-state index is 13.0. The number of hydrogen-bond donors (Lipinski definition) is 2. The highest BCUT2D eigenvalue weighted by Crippen LogP contribution is 2.35. The molecule has 1 saturated heterocycles. The highest BCUT2D eigenvalue weighted by atomic mass is 19.1. The average molecular weight is 407 g/mol. The van der Waals surface area contributed by atoms with Crippen LogP contribution in [0, 0.1) is 11.7 Å². The van der Waals surface area contributed by atoms with Crippen LogP contribution in [0.1, 0.15) is 32.6 Å². The second kappa shape index (κ2) is 8.46. The summed E-state index contributed by atoms with van der Waals surface area (Å²) in [7, 11) is 0. The zero-order chi connectivity index (χ0) is 21.0. The van der Waals surface area contributed by atoms with E-state index >= 15 is 0 Å². The number of ether oxygens (including phenoxy) is 2. The van der Waals surface area contributed by atoms with Crippen molar-refractivity contribution in [2.24, 2.45) is 5.92 Å². The molecule has 1 aromatic carbocycles. The number of esters is 1. The smallest absolute Gasteiger partial charge is 0.344 e. The monoisotopic (exact) mass is 407 g/mol. The molecular formula is C19H22FN3O6. The van der Waals surface area contributed by atoms with Gasteiger partial charge in [-0.1, -0.05) is 13.0 Å². The summed E-state index contributed by atoms with van der Waals surface area (Å²) in [5, 5.41) is 3.30. The average Bonchev–Trinajstić information content (AvgIpc) is 2.91. The summed E-state index contributed by atoms with van der Waals surface area (Å²) in [6.07, 6.45) is 2.63. The fourth-order valence-corrected chi connectivity index (χ4v) is 3.36. The minimum atomic E-state index is -0.980. The third kappa shape index (κ3) is 4.82. The van der Waals surface area contributed by atoms with Gasteiger partial charge in [-0.15, -0.1) is 0 Å². The molecule has 2 N–H and O–H groups in total. The predicted octanol–water partition coefficient (Wildman–Crippen LogP) is 1.28. The zero-order valence-corrected chi connectivity index (χ0v) is 15.9. The number of carbonyl (C=O) groups excluding carboxylic acids is 4. The zero-order valence-electron chi connectivity index (χ0n) is 15.9. The molecule has 1 aliphatic heterocycles. The maximum atomic E-state index is 13.0. The first kappa shape index (κ1) is 20.6. The Labute approximate surface area is 166 Å². The summed E-state index contributed by atoms with van der Waals surface area (Å²) < 4.78 is 22.8. The molecule has 0 bridgehead atoms. The molecule has 29 heavy (non-hydrogen) atoms. The van der Waals surface area contributed by atoms with E-state index in [1.54, 1.807) is 0 Å². The molecule has 4 amide bonds. The predicted molar refractivity (Wildman–Crippen MR) is 96.7 cm³/mol. The molecule has 10 heteroatoms. The molecular weight excluding hydrogens is 385 g/mol.